The normalized spacial score (nSPS) is 21.4. The zero-order valence-corrected chi connectivity index (χ0v) is 52.4. The van der Waals surface area contributed by atoms with E-state index in [1.165, 1.54) is 24.3 Å². The number of benzene rings is 2. The zero-order chi connectivity index (χ0) is 66.9. The van der Waals surface area contributed by atoms with Crippen LogP contribution < -0.4 is 70.4 Å². The lowest BCUT2D eigenvalue weighted by Gasteiger charge is -2.28. The number of likely N-dealkylation sites (tertiary alicyclic amines) is 1. The largest absolute Gasteiger partial charge is 0.370 e. The molecule has 4 heterocycles. The number of unbranched alkanes of at least 4 members (excludes halogenated alkanes) is 1. The number of hydrogen-bond acceptors (Lipinski definition) is 14. The Bertz CT molecular complexity index is 3240. The van der Waals surface area contributed by atoms with E-state index in [0.29, 0.717) is 47.0 Å². The van der Waals surface area contributed by atoms with Crippen molar-refractivity contribution in [2.45, 2.75) is 172 Å². The van der Waals surface area contributed by atoms with E-state index in [1.807, 2.05) is 25.1 Å². The number of nitrogens with zero attached hydrogens (tertiary/aromatic N) is 3. The summed E-state index contributed by atoms with van der Waals surface area (Å²) in [6.45, 7) is 6.02. The Balaban J connectivity index is 1.38. The Hall–Kier alpha value is -9.90. The van der Waals surface area contributed by atoms with Crippen LogP contribution in [0.15, 0.2) is 78.3 Å². The first-order chi connectivity index (χ1) is 44.0. The number of nitrogens with two attached hydrogens (primary N) is 3. The molecule has 2 aromatic heterocycles. The number of H-pyrrole nitrogens is 2. The van der Waals surface area contributed by atoms with Crippen molar-refractivity contribution >= 4 is 87.7 Å². The third-order valence-electron chi connectivity index (χ3n) is 15.8. The molecule has 4 aromatic rings. The van der Waals surface area contributed by atoms with Crippen LogP contribution in [0.4, 0.5) is 0 Å². The number of primary amides is 1. The number of aromatic amines is 2. The van der Waals surface area contributed by atoms with Gasteiger partial charge >= 0.3 is 0 Å². The molecule has 0 spiro atoms. The van der Waals surface area contributed by atoms with Crippen LogP contribution in [0, 0.1) is 5.92 Å². The Morgan fingerprint density at radius 1 is 0.728 bits per heavy atom. The van der Waals surface area contributed by atoms with Crippen LogP contribution in [-0.2, 0) is 76.8 Å². The van der Waals surface area contributed by atoms with E-state index in [-0.39, 0.29) is 95.7 Å². The van der Waals surface area contributed by atoms with Crippen LogP contribution in [0.3, 0.4) is 0 Å². The minimum atomic E-state index is -1.65. The summed E-state index contributed by atoms with van der Waals surface area (Å²) in [5.41, 5.74) is 19.1. The molecule has 92 heavy (non-hydrogen) atoms. The van der Waals surface area contributed by atoms with Gasteiger partial charge in [-0.3, -0.25) is 62.5 Å². The zero-order valence-electron chi connectivity index (χ0n) is 52.4. The molecule has 9 atom stereocenters. The molecule has 2 aromatic carbocycles. The van der Waals surface area contributed by atoms with Crippen molar-refractivity contribution in [3.63, 3.8) is 0 Å². The Morgan fingerprint density at radius 2 is 1.39 bits per heavy atom. The molecule has 2 aliphatic rings. The van der Waals surface area contributed by atoms with E-state index in [9.17, 15) is 47.9 Å². The molecule has 2 saturated heterocycles. The lowest BCUT2D eigenvalue weighted by molar-refractivity contribution is -0.140. The van der Waals surface area contributed by atoms with Gasteiger partial charge in [0.25, 0.3) is 0 Å². The second-order valence-electron chi connectivity index (χ2n) is 23.4. The van der Waals surface area contributed by atoms with Crippen molar-refractivity contribution in [1.29, 1.82) is 0 Å². The molecular weight excluding hydrogens is 1190 g/mol. The van der Waals surface area contributed by atoms with Gasteiger partial charge in [-0.25, -0.2) is 4.98 Å². The van der Waals surface area contributed by atoms with Gasteiger partial charge in [-0.2, -0.15) is 0 Å². The molecule has 12 amide bonds. The maximum atomic E-state index is 15.0. The van der Waals surface area contributed by atoms with Crippen molar-refractivity contribution in [3.05, 3.63) is 90.1 Å². The van der Waals surface area contributed by atoms with E-state index in [1.54, 1.807) is 56.4 Å². The summed E-state index contributed by atoms with van der Waals surface area (Å²) >= 11 is 0. The topological polar surface area (TPSA) is 463 Å². The quantitative estimate of drug-likeness (QED) is 0.0217. The number of fused-ring (bicyclic) bond motifs is 1. The molecule has 2 fully saturated rings. The van der Waals surface area contributed by atoms with Crippen LogP contribution in [0.2, 0.25) is 0 Å². The first-order valence-electron chi connectivity index (χ1n) is 31.2. The number of nitrogens with one attached hydrogen (secondary N) is 12. The summed E-state index contributed by atoms with van der Waals surface area (Å²) < 4.78 is 0. The van der Waals surface area contributed by atoms with Gasteiger partial charge in [-0.1, -0.05) is 82.1 Å². The highest BCUT2D eigenvalue weighted by molar-refractivity contribution is 6.00. The van der Waals surface area contributed by atoms with E-state index in [0.717, 1.165) is 0 Å². The van der Waals surface area contributed by atoms with Gasteiger partial charge < -0.3 is 85.2 Å². The van der Waals surface area contributed by atoms with Gasteiger partial charge in [0.1, 0.15) is 54.4 Å². The predicted molar refractivity (Wildman–Crippen MR) is 338 cm³/mol. The van der Waals surface area contributed by atoms with Crippen LogP contribution >= 0.6 is 0 Å². The molecule has 0 bridgehead atoms. The highest BCUT2D eigenvalue weighted by Crippen LogP contribution is 2.21. The fourth-order valence-electron chi connectivity index (χ4n) is 10.9. The van der Waals surface area contributed by atoms with Gasteiger partial charge in [-0.15, -0.1) is 0 Å². The van der Waals surface area contributed by atoms with E-state index < -0.39 is 138 Å². The van der Waals surface area contributed by atoms with Gasteiger partial charge in [0, 0.05) is 74.8 Å². The van der Waals surface area contributed by atoms with Crippen molar-refractivity contribution in [3.8, 4) is 0 Å². The second kappa shape index (κ2) is 35.5. The lowest BCUT2D eigenvalue weighted by atomic mass is 10.0. The number of carbonyl (C=O) groups is 12. The predicted octanol–water partition coefficient (Wildman–Crippen LogP) is -2.00. The van der Waals surface area contributed by atoms with Crippen molar-refractivity contribution in [2.75, 3.05) is 26.2 Å². The Morgan fingerprint density at radius 3 is 2.07 bits per heavy atom. The van der Waals surface area contributed by atoms with Crippen LogP contribution in [0.5, 0.6) is 0 Å². The van der Waals surface area contributed by atoms with E-state index in [2.05, 4.69) is 73.1 Å². The molecule has 30 heteroatoms. The first kappa shape index (κ1) is 71.2. The molecule has 498 valence electrons. The summed E-state index contributed by atoms with van der Waals surface area (Å²) in [6.07, 6.45) is 5.45. The molecular formula is C62H88N18O12. The summed E-state index contributed by atoms with van der Waals surface area (Å²) in [5.74, 6) is -9.88. The van der Waals surface area contributed by atoms with E-state index >= 15 is 9.59 Å². The number of carbonyl (C=O) groups excluding carboxylic acids is 12. The summed E-state index contributed by atoms with van der Waals surface area (Å²) in [6, 6.07) is 3.79. The number of hydrogen-bond donors (Lipinski definition) is 15. The molecule has 6 rings (SSSR count). The molecule has 18 N–H and O–H groups in total. The van der Waals surface area contributed by atoms with Gasteiger partial charge in [-0.05, 0) is 74.5 Å². The van der Waals surface area contributed by atoms with Crippen molar-refractivity contribution in [2.24, 2.45) is 28.1 Å². The van der Waals surface area contributed by atoms with Gasteiger partial charge in [0.15, 0.2) is 5.96 Å². The second-order valence-corrected chi connectivity index (χ2v) is 23.4. The highest BCUT2D eigenvalue weighted by Gasteiger charge is 2.39. The minimum Gasteiger partial charge on any atom is -0.370 e. The molecule has 30 nitrogen and oxygen atoms in total. The number of imidazole rings is 1. The van der Waals surface area contributed by atoms with Crippen LogP contribution in [0.1, 0.15) is 115 Å². The smallest absolute Gasteiger partial charge is 0.243 e. The van der Waals surface area contributed by atoms with Crippen LogP contribution in [0.25, 0.3) is 10.9 Å². The Labute approximate surface area is 532 Å². The molecule has 0 saturated carbocycles. The molecule has 2 aliphatic heterocycles. The average Bonchev–Trinajstić information content (AvgIpc) is 1.67. The third-order valence-corrected chi connectivity index (χ3v) is 15.8. The fraction of sp³-hybridized carbons (Fsp3) is 0.516. The molecule has 0 radical (unpaired) electrons. The third kappa shape index (κ3) is 22.0. The summed E-state index contributed by atoms with van der Waals surface area (Å²) in [4.78, 5) is 184. The number of rotatable bonds is 23. The highest BCUT2D eigenvalue weighted by atomic mass is 16.2. The standard InChI is InChI=1S/C62H88N18O12/c1-5-6-19-43(72-36(4)81)55(86)78-48-30-50(82)67-24-13-12-21-42(54(85)70-33-51(83)80-26-15-23-49(80)61(92)79-52(35(2)3)53(63)84)73-58(89)46(28-38-31-69-41-20-11-10-18-40(38)41)76-56(87)44(22-14-25-68-62(64)65)74-57(88)45(27-37-16-8-7-9-17-37)75-59(90)47(77-60(48)91)29-39-32-66-34-71-39/h7-11,16-18,20,31-32,34-35,42-49,52,69H,5-6,12-15,19,21-30,33H2,1-4H3,(H2,63,84)(H,66,71)(H,67,82)(H,70,85)(H,72,81)(H,73,89)(H,74,88)(H,75,90)(H,76,87)(H,77,91)(H,78,86)(H,79,92)(H4,64,65,68)/t42-,43-,44-,45+,46-,47-,48-,49-,52-/m0/s1. The number of para-hydroxylation sites is 1. The fourth-order valence-corrected chi connectivity index (χ4v) is 10.9. The van der Waals surface area contributed by atoms with Crippen molar-refractivity contribution < 1.29 is 57.5 Å². The maximum Gasteiger partial charge on any atom is 0.243 e. The maximum absolute atomic E-state index is 15.0. The minimum absolute atomic E-state index is 0.00833. The van der Waals surface area contributed by atoms with Gasteiger partial charge in [0.05, 0.1) is 19.3 Å². The lowest BCUT2D eigenvalue weighted by Crippen LogP contribution is -2.61. The van der Waals surface area contributed by atoms with Crippen molar-refractivity contribution in [1.82, 2.24) is 73.0 Å². The van der Waals surface area contributed by atoms with Gasteiger partial charge in [0.2, 0.25) is 70.9 Å². The number of amides is 12. The number of aromatic nitrogens is 3. The van der Waals surface area contributed by atoms with E-state index in [4.69, 9.17) is 17.2 Å². The summed E-state index contributed by atoms with van der Waals surface area (Å²) in [5, 5.41) is 27.7. The number of aliphatic imine (C=N–C) groups is 1. The molecule has 0 unspecified atom stereocenters. The Kier molecular flexibility index (Phi) is 27.5. The van der Waals surface area contributed by atoms with Crippen LogP contribution in [-0.4, -0.2) is 177 Å². The SMILES string of the molecule is CCCC[C@H](NC(C)=O)C(=O)N[C@H]1CC(=O)NCCCC[C@@H](C(=O)NCC(=O)N2CCC[C@H]2C(=O)N[C@H](C(N)=O)C(C)C)NC(=O)[C@H](Cc2c[nH]c3ccccc23)NC(=O)[C@H](CCCN=C(N)N)NC(=O)[C@@H](Cc2ccccc2)NC(=O)[C@H](Cc2cnc[nH]2)NC1=O. The first-order valence-corrected chi connectivity index (χ1v) is 31.2. The monoisotopic (exact) mass is 1280 g/mol. The summed E-state index contributed by atoms with van der Waals surface area (Å²) in [7, 11) is 0. The molecule has 0 aliphatic carbocycles. The average molecular weight is 1280 g/mol. The number of guanidine groups is 1.